The lowest BCUT2D eigenvalue weighted by Gasteiger charge is -2.35. The van der Waals surface area contributed by atoms with Crippen LogP contribution in [0.4, 0.5) is 13.2 Å². The molecule has 3 N–H and O–H groups in total. The van der Waals surface area contributed by atoms with E-state index in [1.807, 2.05) is 6.92 Å². The number of halogens is 4. The SMILES string of the molecule is CCc1n[nH]c(=O)c(C(=O)NCC(N2CCNCC2)C(F)(F)F)c1CC.Cl. The largest absolute Gasteiger partial charge is 0.405 e. The third-order valence-corrected chi connectivity index (χ3v) is 4.51. The Hall–Kier alpha value is -1.65. The quantitative estimate of drug-likeness (QED) is 0.646. The van der Waals surface area contributed by atoms with E-state index in [1.165, 1.54) is 4.90 Å². The molecule has 11 heteroatoms. The van der Waals surface area contributed by atoms with Crippen LogP contribution in [0.1, 0.15) is 35.5 Å². The first kappa shape index (κ1) is 23.4. The molecule has 0 radical (unpaired) electrons. The molecule has 2 rings (SSSR count). The summed E-state index contributed by atoms with van der Waals surface area (Å²) in [5.74, 6) is -0.801. The Labute approximate surface area is 161 Å². The fraction of sp³-hybridized carbons (Fsp3) is 0.688. The van der Waals surface area contributed by atoms with Crippen LogP contribution in [0.3, 0.4) is 0 Å². The summed E-state index contributed by atoms with van der Waals surface area (Å²) in [5.41, 5.74) is 0.189. The molecule has 0 saturated carbocycles. The van der Waals surface area contributed by atoms with Gasteiger partial charge in [0.15, 0.2) is 0 Å². The standard InChI is InChI=1S/C16H24F3N5O2.ClH/c1-3-10-11(4-2)22-23-15(26)13(10)14(25)21-9-12(16(17,18)19)24-7-5-20-6-8-24;/h12,20H,3-9H2,1-2H3,(H,21,25)(H,23,26);1H. The number of aromatic amines is 1. The monoisotopic (exact) mass is 411 g/mol. The van der Waals surface area contributed by atoms with Gasteiger partial charge in [-0.2, -0.15) is 18.3 Å². The molecule has 1 aromatic heterocycles. The number of aryl methyl sites for hydroxylation is 1. The molecule has 2 heterocycles. The van der Waals surface area contributed by atoms with Crippen molar-refractivity contribution in [1.82, 2.24) is 25.7 Å². The van der Waals surface area contributed by atoms with Crippen LogP contribution in [0, 0.1) is 0 Å². The van der Waals surface area contributed by atoms with Gasteiger partial charge in [0.05, 0.1) is 5.69 Å². The molecule has 1 unspecified atom stereocenters. The number of H-pyrrole nitrogens is 1. The number of rotatable bonds is 6. The molecular formula is C16H25ClF3N5O2. The molecule has 1 amide bonds. The molecule has 7 nitrogen and oxygen atoms in total. The van der Waals surface area contributed by atoms with Crippen LogP contribution in [0.5, 0.6) is 0 Å². The number of amides is 1. The second-order valence-electron chi connectivity index (χ2n) is 6.11. The van der Waals surface area contributed by atoms with E-state index in [4.69, 9.17) is 0 Å². The summed E-state index contributed by atoms with van der Waals surface area (Å²) in [6.45, 7) is 4.41. The third-order valence-electron chi connectivity index (χ3n) is 4.51. The number of nitrogens with zero attached hydrogens (tertiary/aromatic N) is 2. The third kappa shape index (κ3) is 5.66. The van der Waals surface area contributed by atoms with Crippen molar-refractivity contribution in [2.75, 3.05) is 32.7 Å². The highest BCUT2D eigenvalue weighted by Gasteiger charge is 2.44. The van der Waals surface area contributed by atoms with Crippen LogP contribution in [-0.2, 0) is 12.8 Å². The molecule has 1 atom stereocenters. The molecule has 0 aliphatic carbocycles. The van der Waals surface area contributed by atoms with Crippen molar-refractivity contribution in [3.63, 3.8) is 0 Å². The Morgan fingerprint density at radius 3 is 2.41 bits per heavy atom. The number of nitrogens with one attached hydrogen (secondary N) is 3. The minimum atomic E-state index is -4.47. The van der Waals surface area contributed by atoms with Crippen molar-refractivity contribution in [3.8, 4) is 0 Å². The van der Waals surface area contributed by atoms with Crippen LogP contribution in [-0.4, -0.2) is 65.9 Å². The zero-order chi connectivity index (χ0) is 19.3. The predicted octanol–water partition coefficient (Wildman–Crippen LogP) is 0.882. The fourth-order valence-corrected chi connectivity index (χ4v) is 3.16. The van der Waals surface area contributed by atoms with E-state index >= 15 is 0 Å². The highest BCUT2D eigenvalue weighted by atomic mass is 35.5. The minimum Gasteiger partial charge on any atom is -0.350 e. The second kappa shape index (κ2) is 10.0. The molecule has 1 aliphatic heterocycles. The zero-order valence-corrected chi connectivity index (χ0v) is 16.1. The van der Waals surface area contributed by atoms with E-state index in [1.54, 1.807) is 6.92 Å². The normalized spacial score (nSPS) is 16.5. The predicted molar refractivity (Wildman–Crippen MR) is 97.5 cm³/mol. The second-order valence-corrected chi connectivity index (χ2v) is 6.11. The molecule has 1 saturated heterocycles. The number of aromatic nitrogens is 2. The van der Waals surface area contributed by atoms with Crippen LogP contribution in [0.15, 0.2) is 4.79 Å². The Morgan fingerprint density at radius 2 is 1.89 bits per heavy atom. The number of carbonyl (C=O) groups is 1. The summed E-state index contributed by atoms with van der Waals surface area (Å²) < 4.78 is 40.2. The molecule has 27 heavy (non-hydrogen) atoms. The van der Waals surface area contributed by atoms with Gasteiger partial charge in [-0.3, -0.25) is 14.5 Å². The van der Waals surface area contributed by atoms with E-state index in [0.717, 1.165) is 0 Å². The highest BCUT2D eigenvalue weighted by molar-refractivity contribution is 5.95. The van der Waals surface area contributed by atoms with Gasteiger partial charge in [-0.25, -0.2) is 5.10 Å². The van der Waals surface area contributed by atoms with Crippen molar-refractivity contribution in [2.24, 2.45) is 0 Å². The smallest absolute Gasteiger partial charge is 0.350 e. The van der Waals surface area contributed by atoms with Crippen molar-refractivity contribution in [1.29, 1.82) is 0 Å². The number of piperazine rings is 1. The number of alkyl halides is 3. The van der Waals surface area contributed by atoms with Crippen molar-refractivity contribution >= 4 is 18.3 Å². The average molecular weight is 412 g/mol. The Kier molecular flexibility index (Phi) is 8.70. The molecule has 0 aromatic carbocycles. The number of hydrogen-bond donors (Lipinski definition) is 3. The molecule has 1 aliphatic rings. The Bertz CT molecular complexity index is 690. The van der Waals surface area contributed by atoms with Gasteiger partial charge in [-0.1, -0.05) is 13.8 Å². The molecule has 1 aromatic rings. The van der Waals surface area contributed by atoms with Gasteiger partial charge in [-0.05, 0) is 18.4 Å². The number of carbonyl (C=O) groups excluding carboxylic acids is 1. The fourth-order valence-electron chi connectivity index (χ4n) is 3.16. The van der Waals surface area contributed by atoms with Gasteiger partial charge in [-0.15, -0.1) is 12.4 Å². The highest BCUT2D eigenvalue weighted by Crippen LogP contribution is 2.25. The molecule has 0 bridgehead atoms. The summed E-state index contributed by atoms with van der Waals surface area (Å²) >= 11 is 0. The van der Waals surface area contributed by atoms with Gasteiger partial charge < -0.3 is 10.6 Å². The van der Waals surface area contributed by atoms with E-state index in [-0.39, 0.29) is 31.1 Å². The van der Waals surface area contributed by atoms with E-state index in [9.17, 15) is 22.8 Å². The summed E-state index contributed by atoms with van der Waals surface area (Å²) in [7, 11) is 0. The van der Waals surface area contributed by atoms with E-state index in [0.29, 0.717) is 37.2 Å². The van der Waals surface area contributed by atoms with Crippen LogP contribution in [0.25, 0.3) is 0 Å². The topological polar surface area (TPSA) is 90.1 Å². The zero-order valence-electron chi connectivity index (χ0n) is 15.3. The van der Waals surface area contributed by atoms with Gasteiger partial charge in [0.1, 0.15) is 11.6 Å². The van der Waals surface area contributed by atoms with Crippen molar-refractivity contribution in [3.05, 3.63) is 27.2 Å². The van der Waals surface area contributed by atoms with Gasteiger partial charge >= 0.3 is 6.18 Å². The molecule has 1 fully saturated rings. The van der Waals surface area contributed by atoms with Crippen molar-refractivity contribution < 1.29 is 18.0 Å². The maximum absolute atomic E-state index is 13.4. The van der Waals surface area contributed by atoms with Gasteiger partial charge in [0.2, 0.25) is 0 Å². The van der Waals surface area contributed by atoms with Gasteiger partial charge in [0, 0.05) is 32.7 Å². The first-order chi connectivity index (χ1) is 12.3. The minimum absolute atomic E-state index is 0. The van der Waals surface area contributed by atoms with E-state index < -0.39 is 30.2 Å². The number of hydrogen-bond acceptors (Lipinski definition) is 5. The van der Waals surface area contributed by atoms with Crippen LogP contribution < -0.4 is 16.2 Å². The lowest BCUT2D eigenvalue weighted by molar-refractivity contribution is -0.183. The van der Waals surface area contributed by atoms with Crippen LogP contribution >= 0.6 is 12.4 Å². The Morgan fingerprint density at radius 1 is 1.26 bits per heavy atom. The summed E-state index contributed by atoms with van der Waals surface area (Å²) in [6.07, 6.45) is -3.58. The Balaban J connectivity index is 0.00000364. The van der Waals surface area contributed by atoms with E-state index in [2.05, 4.69) is 20.8 Å². The van der Waals surface area contributed by atoms with Crippen molar-refractivity contribution in [2.45, 2.75) is 38.9 Å². The first-order valence-electron chi connectivity index (χ1n) is 8.69. The first-order valence-corrected chi connectivity index (χ1v) is 8.69. The molecule has 0 spiro atoms. The lowest BCUT2D eigenvalue weighted by atomic mass is 10.0. The van der Waals surface area contributed by atoms with Crippen LogP contribution in [0.2, 0.25) is 0 Å². The maximum Gasteiger partial charge on any atom is 0.405 e. The summed E-state index contributed by atoms with van der Waals surface area (Å²) in [6, 6.07) is -1.79. The summed E-state index contributed by atoms with van der Waals surface area (Å²) in [4.78, 5) is 25.8. The summed E-state index contributed by atoms with van der Waals surface area (Å²) in [5, 5.41) is 11.5. The molecule has 154 valence electrons. The van der Waals surface area contributed by atoms with Gasteiger partial charge in [0.25, 0.3) is 11.5 Å². The maximum atomic E-state index is 13.4. The molecular weight excluding hydrogens is 387 g/mol. The lowest BCUT2D eigenvalue weighted by Crippen LogP contribution is -2.57. The average Bonchev–Trinajstić information content (AvgIpc) is 2.61.